The largest absolute Gasteiger partial charge is 0.376 e. The Balaban J connectivity index is 2.29. The molecule has 0 spiro atoms. The Labute approximate surface area is 96.4 Å². The SMILES string of the molecule is CC(C)(C)C(CN)OCCc1cccs1. The molecule has 2 nitrogen and oxygen atoms in total. The number of ether oxygens (including phenoxy) is 1. The smallest absolute Gasteiger partial charge is 0.0745 e. The normalized spacial score (nSPS) is 14.1. The predicted octanol–water partition coefficient (Wildman–Crippen LogP) is 2.68. The van der Waals surface area contributed by atoms with Gasteiger partial charge in [0.1, 0.15) is 0 Å². The monoisotopic (exact) mass is 227 g/mol. The van der Waals surface area contributed by atoms with E-state index in [-0.39, 0.29) is 11.5 Å². The zero-order valence-corrected chi connectivity index (χ0v) is 10.6. The zero-order chi connectivity index (χ0) is 11.3. The molecule has 0 bridgehead atoms. The Bertz CT molecular complexity index is 264. The zero-order valence-electron chi connectivity index (χ0n) is 9.82. The number of hydrogen-bond acceptors (Lipinski definition) is 3. The lowest BCUT2D eigenvalue weighted by atomic mass is 9.89. The van der Waals surface area contributed by atoms with Crippen molar-refractivity contribution in [3.63, 3.8) is 0 Å². The van der Waals surface area contributed by atoms with Crippen molar-refractivity contribution in [2.75, 3.05) is 13.2 Å². The van der Waals surface area contributed by atoms with E-state index < -0.39 is 0 Å². The van der Waals surface area contributed by atoms with Crippen LogP contribution in [0.5, 0.6) is 0 Å². The number of nitrogens with two attached hydrogens (primary N) is 1. The van der Waals surface area contributed by atoms with Crippen molar-refractivity contribution < 1.29 is 4.74 Å². The molecule has 86 valence electrons. The number of rotatable bonds is 5. The fourth-order valence-electron chi connectivity index (χ4n) is 1.43. The second kappa shape index (κ2) is 5.64. The lowest BCUT2D eigenvalue weighted by Crippen LogP contribution is -2.36. The second-order valence-corrected chi connectivity index (χ2v) is 5.82. The van der Waals surface area contributed by atoms with Gasteiger partial charge in [0.2, 0.25) is 0 Å². The molecule has 1 heterocycles. The summed E-state index contributed by atoms with van der Waals surface area (Å²) in [6, 6.07) is 4.22. The molecular formula is C12H21NOS. The summed E-state index contributed by atoms with van der Waals surface area (Å²) < 4.78 is 5.81. The van der Waals surface area contributed by atoms with E-state index in [2.05, 4.69) is 38.3 Å². The van der Waals surface area contributed by atoms with Crippen LogP contribution in [0.4, 0.5) is 0 Å². The maximum atomic E-state index is 5.81. The predicted molar refractivity (Wildman–Crippen MR) is 66.3 cm³/mol. The van der Waals surface area contributed by atoms with Crippen LogP contribution in [0.25, 0.3) is 0 Å². The summed E-state index contributed by atoms with van der Waals surface area (Å²) in [6.45, 7) is 7.84. The van der Waals surface area contributed by atoms with Crippen molar-refractivity contribution in [1.29, 1.82) is 0 Å². The minimum atomic E-state index is 0.129. The first-order valence-electron chi connectivity index (χ1n) is 5.38. The second-order valence-electron chi connectivity index (χ2n) is 4.79. The van der Waals surface area contributed by atoms with Gasteiger partial charge in [0, 0.05) is 17.8 Å². The number of thiophene rings is 1. The van der Waals surface area contributed by atoms with Crippen molar-refractivity contribution in [3.05, 3.63) is 22.4 Å². The van der Waals surface area contributed by atoms with Gasteiger partial charge in [-0.1, -0.05) is 26.8 Å². The van der Waals surface area contributed by atoms with Gasteiger partial charge in [-0.2, -0.15) is 0 Å². The van der Waals surface area contributed by atoms with Crippen LogP contribution in [-0.2, 0) is 11.2 Å². The summed E-state index contributed by atoms with van der Waals surface area (Å²) in [5, 5.41) is 2.10. The molecular weight excluding hydrogens is 206 g/mol. The maximum Gasteiger partial charge on any atom is 0.0745 e. The van der Waals surface area contributed by atoms with Gasteiger partial charge in [0.05, 0.1) is 12.7 Å². The topological polar surface area (TPSA) is 35.2 Å². The van der Waals surface area contributed by atoms with Crippen LogP contribution in [0.1, 0.15) is 25.6 Å². The van der Waals surface area contributed by atoms with Gasteiger partial charge in [-0.05, 0) is 16.9 Å². The van der Waals surface area contributed by atoms with Crippen LogP contribution in [-0.4, -0.2) is 19.3 Å². The summed E-state index contributed by atoms with van der Waals surface area (Å²) >= 11 is 1.78. The molecule has 0 fully saturated rings. The summed E-state index contributed by atoms with van der Waals surface area (Å²) in [5.41, 5.74) is 5.83. The molecule has 0 aliphatic heterocycles. The van der Waals surface area contributed by atoms with Crippen molar-refractivity contribution >= 4 is 11.3 Å². The first-order chi connectivity index (χ1) is 7.04. The highest BCUT2D eigenvalue weighted by Gasteiger charge is 2.23. The first kappa shape index (κ1) is 12.7. The van der Waals surface area contributed by atoms with Crippen molar-refractivity contribution in [1.82, 2.24) is 0 Å². The third-order valence-electron chi connectivity index (χ3n) is 2.43. The molecule has 2 N–H and O–H groups in total. The van der Waals surface area contributed by atoms with Crippen molar-refractivity contribution in [2.24, 2.45) is 11.1 Å². The molecule has 1 aromatic heterocycles. The van der Waals surface area contributed by atoms with Crippen LogP contribution in [0.3, 0.4) is 0 Å². The summed E-state index contributed by atoms with van der Waals surface area (Å²) in [5.74, 6) is 0. The van der Waals surface area contributed by atoms with Crippen LogP contribution in [0, 0.1) is 5.41 Å². The first-order valence-corrected chi connectivity index (χ1v) is 6.26. The van der Waals surface area contributed by atoms with Gasteiger partial charge in [0.25, 0.3) is 0 Å². The maximum absolute atomic E-state index is 5.81. The van der Waals surface area contributed by atoms with E-state index in [1.807, 2.05) is 0 Å². The molecule has 0 aliphatic carbocycles. The van der Waals surface area contributed by atoms with E-state index in [9.17, 15) is 0 Å². The van der Waals surface area contributed by atoms with Crippen LogP contribution < -0.4 is 5.73 Å². The fraction of sp³-hybridized carbons (Fsp3) is 0.667. The molecule has 0 saturated heterocycles. The summed E-state index contributed by atoms with van der Waals surface area (Å²) in [4.78, 5) is 1.37. The van der Waals surface area contributed by atoms with Gasteiger partial charge in [-0.3, -0.25) is 0 Å². The van der Waals surface area contributed by atoms with E-state index in [1.165, 1.54) is 4.88 Å². The Hall–Kier alpha value is -0.380. The highest BCUT2D eigenvalue weighted by Crippen LogP contribution is 2.21. The lowest BCUT2D eigenvalue weighted by Gasteiger charge is -2.29. The summed E-state index contributed by atoms with van der Waals surface area (Å²) in [6.07, 6.45) is 1.14. The van der Waals surface area contributed by atoms with Gasteiger partial charge < -0.3 is 10.5 Å². The van der Waals surface area contributed by atoms with Gasteiger partial charge in [0.15, 0.2) is 0 Å². The number of hydrogen-bond donors (Lipinski definition) is 1. The molecule has 15 heavy (non-hydrogen) atoms. The molecule has 0 radical (unpaired) electrons. The van der Waals surface area contributed by atoms with Crippen molar-refractivity contribution in [3.8, 4) is 0 Å². The minimum Gasteiger partial charge on any atom is -0.376 e. The lowest BCUT2D eigenvalue weighted by molar-refractivity contribution is -0.00951. The Morgan fingerprint density at radius 2 is 2.20 bits per heavy atom. The van der Waals surface area contributed by atoms with E-state index >= 15 is 0 Å². The molecule has 0 saturated carbocycles. The quantitative estimate of drug-likeness (QED) is 0.839. The average Bonchev–Trinajstić information content (AvgIpc) is 2.62. The molecule has 3 heteroatoms. The van der Waals surface area contributed by atoms with Gasteiger partial charge >= 0.3 is 0 Å². The van der Waals surface area contributed by atoms with E-state index in [4.69, 9.17) is 10.5 Å². The minimum absolute atomic E-state index is 0.129. The van der Waals surface area contributed by atoms with E-state index in [0.717, 1.165) is 13.0 Å². The molecule has 1 aromatic rings. The molecule has 0 aliphatic rings. The average molecular weight is 227 g/mol. The van der Waals surface area contributed by atoms with Crippen LogP contribution in [0.2, 0.25) is 0 Å². The Kier molecular flexibility index (Phi) is 4.77. The standard InChI is InChI=1S/C12H21NOS/c1-12(2,3)11(9-13)14-7-6-10-5-4-8-15-10/h4-5,8,11H,6-7,9,13H2,1-3H3. The highest BCUT2D eigenvalue weighted by molar-refractivity contribution is 7.09. The van der Waals surface area contributed by atoms with Crippen LogP contribution in [0.15, 0.2) is 17.5 Å². The molecule has 1 unspecified atom stereocenters. The molecule has 1 atom stereocenters. The molecule has 1 rings (SSSR count). The Morgan fingerprint density at radius 1 is 1.47 bits per heavy atom. The van der Waals surface area contributed by atoms with E-state index in [0.29, 0.717) is 6.54 Å². The molecule has 0 amide bonds. The fourth-order valence-corrected chi connectivity index (χ4v) is 2.12. The van der Waals surface area contributed by atoms with Gasteiger partial charge in [-0.15, -0.1) is 11.3 Å². The molecule has 0 aromatic carbocycles. The summed E-state index contributed by atoms with van der Waals surface area (Å²) in [7, 11) is 0. The third-order valence-corrected chi connectivity index (χ3v) is 3.36. The highest BCUT2D eigenvalue weighted by atomic mass is 32.1. The van der Waals surface area contributed by atoms with Crippen molar-refractivity contribution in [2.45, 2.75) is 33.3 Å². The van der Waals surface area contributed by atoms with E-state index in [1.54, 1.807) is 11.3 Å². The third kappa shape index (κ3) is 4.33. The van der Waals surface area contributed by atoms with Crippen LogP contribution >= 0.6 is 11.3 Å². The Morgan fingerprint density at radius 3 is 2.67 bits per heavy atom. The van der Waals surface area contributed by atoms with Gasteiger partial charge in [-0.25, -0.2) is 0 Å².